The maximum Gasteiger partial charge on any atom is 0.328 e. The van der Waals surface area contributed by atoms with E-state index in [9.17, 15) is 9.59 Å². The van der Waals surface area contributed by atoms with Crippen molar-refractivity contribution in [3.05, 3.63) is 64.8 Å². The zero-order valence-electron chi connectivity index (χ0n) is 13.9. The number of halogens is 1. The summed E-state index contributed by atoms with van der Waals surface area (Å²) in [5, 5.41) is 15.7. The monoisotopic (exact) mass is 371 g/mol. The summed E-state index contributed by atoms with van der Waals surface area (Å²) in [5.74, 6) is -0.476. The number of anilines is 1. The number of aliphatic carboxylic acids is 1. The fourth-order valence-corrected chi connectivity index (χ4v) is 3.04. The first-order valence-corrected chi connectivity index (χ1v) is 8.53. The normalized spacial score (nSPS) is 19.6. The first kappa shape index (κ1) is 18.1. The molecule has 1 aliphatic rings. The molecule has 1 atom stereocenters. The minimum atomic E-state index is -1.02. The van der Waals surface area contributed by atoms with Crippen LogP contribution in [0.2, 0.25) is 5.02 Å². The van der Waals surface area contributed by atoms with E-state index in [1.807, 2.05) is 0 Å². The predicted octanol–water partition coefficient (Wildman–Crippen LogP) is 2.86. The molecule has 1 aromatic carbocycles. The zero-order valence-corrected chi connectivity index (χ0v) is 14.7. The number of carbonyl (C=O) groups excluding carboxylic acids is 1. The van der Waals surface area contributed by atoms with Crippen molar-refractivity contribution in [3.63, 3.8) is 0 Å². The van der Waals surface area contributed by atoms with E-state index in [1.165, 1.54) is 6.08 Å². The number of carbonyl (C=O) groups is 2. The summed E-state index contributed by atoms with van der Waals surface area (Å²) in [6, 6.07) is 10.3. The molecule has 3 rings (SSSR count). The Bertz CT molecular complexity index is 826. The molecule has 7 heteroatoms. The van der Waals surface area contributed by atoms with Crippen molar-refractivity contribution in [3.8, 4) is 0 Å². The van der Waals surface area contributed by atoms with Gasteiger partial charge in [-0.1, -0.05) is 11.6 Å². The second kappa shape index (κ2) is 7.68. The third kappa shape index (κ3) is 4.09. The van der Waals surface area contributed by atoms with Crippen molar-refractivity contribution in [1.29, 1.82) is 0 Å². The Morgan fingerprint density at radius 1 is 1.23 bits per heavy atom. The van der Waals surface area contributed by atoms with Crippen molar-refractivity contribution in [2.45, 2.75) is 12.0 Å². The summed E-state index contributed by atoms with van der Waals surface area (Å²) in [5.41, 5.74) is 0.478. The van der Waals surface area contributed by atoms with Crippen LogP contribution in [0.3, 0.4) is 0 Å². The van der Waals surface area contributed by atoms with Crippen LogP contribution in [0, 0.1) is 0 Å². The molecule has 134 valence electrons. The van der Waals surface area contributed by atoms with Gasteiger partial charge in [0.25, 0.3) is 0 Å². The highest BCUT2D eigenvalue weighted by atomic mass is 35.5. The van der Waals surface area contributed by atoms with Crippen molar-refractivity contribution in [1.82, 2.24) is 10.3 Å². The number of aromatic nitrogens is 1. The standard InChI is InChI=1S/C19H18ClN3O3/c20-15-5-3-14(4-6-15)18(26)19(9-10-21-12-19)23-16-7-1-13(11-22-16)2-8-17(24)25/h1-8,11,21H,9-10,12H2,(H,22,23)(H,24,25)/b8-2+/t19-/m1/s1. The number of carboxylic acids is 1. The molecule has 0 radical (unpaired) electrons. The summed E-state index contributed by atoms with van der Waals surface area (Å²) >= 11 is 5.91. The van der Waals surface area contributed by atoms with E-state index in [4.69, 9.17) is 16.7 Å². The Kier molecular flexibility index (Phi) is 5.35. The van der Waals surface area contributed by atoms with Gasteiger partial charge in [0.05, 0.1) is 0 Å². The Hall–Kier alpha value is -2.70. The molecule has 2 aromatic rings. The lowest BCUT2D eigenvalue weighted by molar-refractivity contribution is -0.131. The Morgan fingerprint density at radius 3 is 2.58 bits per heavy atom. The molecule has 1 aliphatic heterocycles. The highest BCUT2D eigenvalue weighted by Crippen LogP contribution is 2.26. The quantitative estimate of drug-likeness (QED) is 0.534. The van der Waals surface area contributed by atoms with E-state index >= 15 is 0 Å². The lowest BCUT2D eigenvalue weighted by Gasteiger charge is -2.29. The fourth-order valence-electron chi connectivity index (χ4n) is 2.92. The molecular formula is C19H18ClN3O3. The maximum absolute atomic E-state index is 13.1. The average molecular weight is 372 g/mol. The van der Waals surface area contributed by atoms with Gasteiger partial charge in [-0.15, -0.1) is 0 Å². The molecule has 3 N–H and O–H groups in total. The van der Waals surface area contributed by atoms with Crippen molar-refractivity contribution >= 4 is 35.2 Å². The van der Waals surface area contributed by atoms with Crippen LogP contribution in [-0.4, -0.2) is 40.5 Å². The Morgan fingerprint density at radius 2 is 2.00 bits per heavy atom. The van der Waals surface area contributed by atoms with Gasteiger partial charge in [-0.05, 0) is 61.0 Å². The minimum Gasteiger partial charge on any atom is -0.478 e. The maximum atomic E-state index is 13.1. The predicted molar refractivity (Wildman–Crippen MR) is 101 cm³/mol. The molecule has 0 amide bonds. The number of ketones is 1. The second-order valence-corrected chi connectivity index (χ2v) is 6.55. The summed E-state index contributed by atoms with van der Waals surface area (Å²) in [7, 11) is 0. The number of pyridine rings is 1. The lowest BCUT2D eigenvalue weighted by Crippen LogP contribution is -2.48. The van der Waals surface area contributed by atoms with E-state index < -0.39 is 11.5 Å². The summed E-state index contributed by atoms with van der Waals surface area (Å²) in [4.78, 5) is 27.9. The Labute approximate surface area is 155 Å². The SMILES string of the molecule is O=C(O)/C=C/c1ccc(N[C@]2(C(=O)c3ccc(Cl)cc3)CCNC2)nc1. The van der Waals surface area contributed by atoms with Crippen LogP contribution in [0.15, 0.2) is 48.7 Å². The van der Waals surface area contributed by atoms with Gasteiger partial charge in [-0.25, -0.2) is 9.78 Å². The van der Waals surface area contributed by atoms with Crippen LogP contribution in [0.5, 0.6) is 0 Å². The molecule has 0 spiro atoms. The van der Waals surface area contributed by atoms with E-state index in [2.05, 4.69) is 15.6 Å². The van der Waals surface area contributed by atoms with E-state index in [0.29, 0.717) is 34.9 Å². The van der Waals surface area contributed by atoms with Gasteiger partial charge in [-0.3, -0.25) is 4.79 Å². The van der Waals surface area contributed by atoms with Gasteiger partial charge < -0.3 is 15.7 Å². The van der Waals surface area contributed by atoms with Gasteiger partial charge >= 0.3 is 5.97 Å². The number of nitrogens with zero attached hydrogens (tertiary/aromatic N) is 1. The largest absolute Gasteiger partial charge is 0.478 e. The molecule has 26 heavy (non-hydrogen) atoms. The number of hydrogen-bond donors (Lipinski definition) is 3. The van der Waals surface area contributed by atoms with Crippen molar-refractivity contribution in [2.75, 3.05) is 18.4 Å². The summed E-state index contributed by atoms with van der Waals surface area (Å²) < 4.78 is 0. The number of benzene rings is 1. The average Bonchev–Trinajstić information content (AvgIpc) is 3.11. The van der Waals surface area contributed by atoms with Crippen molar-refractivity contribution < 1.29 is 14.7 Å². The smallest absolute Gasteiger partial charge is 0.328 e. The minimum absolute atomic E-state index is 0.0178. The lowest BCUT2D eigenvalue weighted by atomic mass is 9.88. The number of nitrogens with one attached hydrogen (secondary N) is 2. The van der Waals surface area contributed by atoms with Crippen LogP contribution in [0.4, 0.5) is 5.82 Å². The molecule has 0 saturated carbocycles. The van der Waals surface area contributed by atoms with E-state index in [-0.39, 0.29) is 5.78 Å². The van der Waals surface area contributed by atoms with Gasteiger partial charge in [0.1, 0.15) is 11.4 Å². The van der Waals surface area contributed by atoms with Crippen LogP contribution in [-0.2, 0) is 4.79 Å². The van der Waals surface area contributed by atoms with Crippen molar-refractivity contribution in [2.24, 2.45) is 0 Å². The molecule has 0 bridgehead atoms. The number of hydrogen-bond acceptors (Lipinski definition) is 5. The highest BCUT2D eigenvalue weighted by Gasteiger charge is 2.41. The van der Waals surface area contributed by atoms with Gasteiger partial charge in [0.2, 0.25) is 0 Å². The van der Waals surface area contributed by atoms with Gasteiger partial charge in [0, 0.05) is 29.4 Å². The summed E-state index contributed by atoms with van der Waals surface area (Å²) in [6.45, 7) is 1.22. The first-order chi connectivity index (χ1) is 12.5. The molecular weight excluding hydrogens is 354 g/mol. The van der Waals surface area contributed by atoms with Crippen LogP contribution < -0.4 is 10.6 Å². The van der Waals surface area contributed by atoms with Crippen LogP contribution in [0.1, 0.15) is 22.3 Å². The number of carboxylic acid groups (broad SMARTS) is 1. The number of Topliss-reactive ketones (excluding diaryl/α,β-unsaturated/α-hetero) is 1. The van der Waals surface area contributed by atoms with E-state index in [1.54, 1.807) is 42.6 Å². The number of rotatable bonds is 6. The molecule has 1 aromatic heterocycles. The summed E-state index contributed by atoms with van der Waals surface area (Å²) in [6.07, 6.45) is 4.71. The molecule has 6 nitrogen and oxygen atoms in total. The molecule has 0 unspecified atom stereocenters. The third-order valence-corrected chi connectivity index (χ3v) is 4.52. The molecule has 0 aliphatic carbocycles. The van der Waals surface area contributed by atoms with E-state index in [0.717, 1.165) is 12.6 Å². The third-order valence-electron chi connectivity index (χ3n) is 4.27. The zero-order chi connectivity index (χ0) is 18.6. The van der Waals surface area contributed by atoms with Crippen LogP contribution >= 0.6 is 11.6 Å². The topological polar surface area (TPSA) is 91.3 Å². The molecule has 1 fully saturated rings. The van der Waals surface area contributed by atoms with Crippen LogP contribution in [0.25, 0.3) is 6.08 Å². The first-order valence-electron chi connectivity index (χ1n) is 8.15. The van der Waals surface area contributed by atoms with Gasteiger partial charge in [-0.2, -0.15) is 0 Å². The fraction of sp³-hybridized carbons (Fsp3) is 0.211. The van der Waals surface area contributed by atoms with Gasteiger partial charge in [0.15, 0.2) is 5.78 Å². The molecule has 2 heterocycles. The Balaban J connectivity index is 1.81. The second-order valence-electron chi connectivity index (χ2n) is 6.12. The highest BCUT2D eigenvalue weighted by molar-refractivity contribution is 6.30. The molecule has 1 saturated heterocycles.